The summed E-state index contributed by atoms with van der Waals surface area (Å²) in [5, 5.41) is 12.4. The maximum atomic E-state index is 11.9. The minimum atomic E-state index is -0.131. The monoisotopic (exact) mass is 247 g/mol. The molecule has 1 aliphatic rings. The van der Waals surface area contributed by atoms with Crippen LogP contribution in [0.4, 0.5) is 0 Å². The molecular weight excluding hydrogens is 226 g/mol. The van der Waals surface area contributed by atoms with Gasteiger partial charge < -0.3 is 10.4 Å². The molecule has 0 unspecified atom stereocenters. The summed E-state index contributed by atoms with van der Waals surface area (Å²) in [5.41, 5.74) is 1.88. The standard InChI is InChI=1S/C15H21NO2/c1-11-2-6-13(7-3-11)15(18)16-10-12-4-8-14(17)9-5-12/h2-3,6-7,12,14,17H,4-5,8-10H2,1H3,(H,16,18). The van der Waals surface area contributed by atoms with Crippen molar-refractivity contribution in [3.63, 3.8) is 0 Å². The molecule has 3 nitrogen and oxygen atoms in total. The molecule has 0 saturated heterocycles. The van der Waals surface area contributed by atoms with Crippen LogP contribution >= 0.6 is 0 Å². The number of rotatable bonds is 3. The van der Waals surface area contributed by atoms with E-state index in [0.717, 1.165) is 43.4 Å². The molecule has 0 spiro atoms. The molecule has 1 aromatic carbocycles. The Kier molecular flexibility index (Phi) is 4.37. The van der Waals surface area contributed by atoms with Crippen molar-refractivity contribution in [2.45, 2.75) is 38.7 Å². The molecule has 0 aliphatic heterocycles. The first-order valence-electron chi connectivity index (χ1n) is 6.68. The highest BCUT2D eigenvalue weighted by molar-refractivity contribution is 5.94. The van der Waals surface area contributed by atoms with Gasteiger partial charge in [0, 0.05) is 12.1 Å². The van der Waals surface area contributed by atoms with Crippen molar-refractivity contribution < 1.29 is 9.90 Å². The summed E-state index contributed by atoms with van der Waals surface area (Å²) in [6.07, 6.45) is 3.62. The van der Waals surface area contributed by atoms with Crippen molar-refractivity contribution in [2.24, 2.45) is 5.92 Å². The van der Waals surface area contributed by atoms with Gasteiger partial charge in [-0.3, -0.25) is 4.79 Å². The fourth-order valence-electron chi connectivity index (χ4n) is 2.39. The summed E-state index contributed by atoms with van der Waals surface area (Å²) < 4.78 is 0. The molecule has 0 heterocycles. The number of aryl methyl sites for hydroxylation is 1. The van der Waals surface area contributed by atoms with Crippen LogP contribution in [0, 0.1) is 12.8 Å². The first-order valence-corrected chi connectivity index (χ1v) is 6.68. The van der Waals surface area contributed by atoms with Gasteiger partial charge in [-0.15, -0.1) is 0 Å². The lowest BCUT2D eigenvalue weighted by Gasteiger charge is -2.25. The van der Waals surface area contributed by atoms with Crippen LogP contribution in [-0.4, -0.2) is 23.7 Å². The zero-order chi connectivity index (χ0) is 13.0. The lowest BCUT2D eigenvalue weighted by atomic mass is 9.87. The molecule has 1 fully saturated rings. The summed E-state index contributed by atoms with van der Waals surface area (Å²) in [6.45, 7) is 2.73. The van der Waals surface area contributed by atoms with E-state index in [1.807, 2.05) is 31.2 Å². The number of carbonyl (C=O) groups is 1. The second kappa shape index (κ2) is 6.01. The Morgan fingerprint density at radius 3 is 2.44 bits per heavy atom. The molecule has 0 radical (unpaired) electrons. The van der Waals surface area contributed by atoms with E-state index in [2.05, 4.69) is 5.32 Å². The lowest BCUT2D eigenvalue weighted by Crippen LogP contribution is -2.32. The molecule has 2 rings (SSSR count). The Hall–Kier alpha value is -1.35. The van der Waals surface area contributed by atoms with E-state index in [1.54, 1.807) is 0 Å². The first kappa shape index (κ1) is 13.1. The lowest BCUT2D eigenvalue weighted by molar-refractivity contribution is 0.0910. The average Bonchev–Trinajstić information content (AvgIpc) is 2.38. The molecule has 98 valence electrons. The van der Waals surface area contributed by atoms with Crippen molar-refractivity contribution in [1.29, 1.82) is 0 Å². The number of nitrogens with one attached hydrogen (secondary N) is 1. The summed E-state index contributed by atoms with van der Waals surface area (Å²) >= 11 is 0. The van der Waals surface area contributed by atoms with Crippen LogP contribution in [0.5, 0.6) is 0 Å². The van der Waals surface area contributed by atoms with Crippen molar-refractivity contribution >= 4 is 5.91 Å². The van der Waals surface area contributed by atoms with Crippen molar-refractivity contribution in [2.75, 3.05) is 6.54 Å². The summed E-state index contributed by atoms with van der Waals surface area (Å²) in [7, 11) is 0. The molecule has 0 atom stereocenters. The normalized spacial score (nSPS) is 23.7. The van der Waals surface area contributed by atoms with Crippen LogP contribution < -0.4 is 5.32 Å². The maximum Gasteiger partial charge on any atom is 0.251 e. The van der Waals surface area contributed by atoms with Crippen LogP contribution in [-0.2, 0) is 0 Å². The third kappa shape index (κ3) is 3.57. The third-order valence-corrected chi connectivity index (χ3v) is 3.68. The fraction of sp³-hybridized carbons (Fsp3) is 0.533. The van der Waals surface area contributed by atoms with Crippen LogP contribution in [0.2, 0.25) is 0 Å². The molecule has 0 bridgehead atoms. The van der Waals surface area contributed by atoms with E-state index in [0.29, 0.717) is 5.92 Å². The van der Waals surface area contributed by atoms with E-state index in [-0.39, 0.29) is 12.0 Å². The van der Waals surface area contributed by atoms with Crippen LogP contribution in [0.25, 0.3) is 0 Å². The summed E-state index contributed by atoms with van der Waals surface area (Å²) in [6, 6.07) is 7.61. The van der Waals surface area contributed by atoms with E-state index in [4.69, 9.17) is 0 Å². The third-order valence-electron chi connectivity index (χ3n) is 3.68. The smallest absolute Gasteiger partial charge is 0.251 e. The van der Waals surface area contributed by atoms with E-state index >= 15 is 0 Å². The zero-order valence-electron chi connectivity index (χ0n) is 10.9. The second-order valence-corrected chi connectivity index (χ2v) is 5.25. The topological polar surface area (TPSA) is 49.3 Å². The number of hydrogen-bond acceptors (Lipinski definition) is 2. The number of carbonyl (C=O) groups excluding carboxylic acids is 1. The minimum absolute atomic E-state index is 0.00104. The van der Waals surface area contributed by atoms with Gasteiger partial charge in [0.25, 0.3) is 5.91 Å². The number of aliphatic hydroxyl groups is 1. The predicted molar refractivity (Wildman–Crippen MR) is 71.5 cm³/mol. The van der Waals surface area contributed by atoms with Crippen LogP contribution in [0.15, 0.2) is 24.3 Å². The number of amides is 1. The second-order valence-electron chi connectivity index (χ2n) is 5.25. The zero-order valence-corrected chi connectivity index (χ0v) is 10.9. The average molecular weight is 247 g/mol. The van der Waals surface area contributed by atoms with E-state index in [9.17, 15) is 9.90 Å². The highest BCUT2D eigenvalue weighted by atomic mass is 16.3. The SMILES string of the molecule is Cc1ccc(C(=O)NCC2CCC(O)CC2)cc1. The molecule has 1 aliphatic carbocycles. The Morgan fingerprint density at radius 2 is 1.83 bits per heavy atom. The summed E-state index contributed by atoms with van der Waals surface area (Å²) in [4.78, 5) is 11.9. The molecule has 18 heavy (non-hydrogen) atoms. The van der Waals surface area contributed by atoms with Crippen molar-refractivity contribution in [3.8, 4) is 0 Å². The Morgan fingerprint density at radius 1 is 1.22 bits per heavy atom. The van der Waals surface area contributed by atoms with Crippen molar-refractivity contribution in [1.82, 2.24) is 5.32 Å². The Labute approximate surface area is 108 Å². The molecular formula is C15H21NO2. The molecule has 2 N–H and O–H groups in total. The number of aliphatic hydroxyl groups excluding tert-OH is 1. The predicted octanol–water partition coefficient (Wildman–Crippen LogP) is 2.28. The van der Waals surface area contributed by atoms with Gasteiger partial charge in [-0.05, 0) is 50.7 Å². The molecule has 1 aromatic rings. The van der Waals surface area contributed by atoms with Crippen LogP contribution in [0.1, 0.15) is 41.6 Å². The highest BCUT2D eigenvalue weighted by Crippen LogP contribution is 2.23. The molecule has 3 heteroatoms. The largest absolute Gasteiger partial charge is 0.393 e. The minimum Gasteiger partial charge on any atom is -0.393 e. The number of hydrogen-bond donors (Lipinski definition) is 2. The Bertz CT molecular complexity index is 391. The Balaban J connectivity index is 1.79. The van der Waals surface area contributed by atoms with E-state index < -0.39 is 0 Å². The number of benzene rings is 1. The molecule has 0 aromatic heterocycles. The van der Waals surface area contributed by atoms with Gasteiger partial charge in [0.2, 0.25) is 0 Å². The van der Waals surface area contributed by atoms with Gasteiger partial charge in [-0.2, -0.15) is 0 Å². The molecule has 1 saturated carbocycles. The van der Waals surface area contributed by atoms with Gasteiger partial charge in [-0.25, -0.2) is 0 Å². The summed E-state index contributed by atoms with van der Waals surface area (Å²) in [5.74, 6) is 0.518. The van der Waals surface area contributed by atoms with Gasteiger partial charge >= 0.3 is 0 Å². The van der Waals surface area contributed by atoms with Gasteiger partial charge in [0.15, 0.2) is 0 Å². The fourth-order valence-corrected chi connectivity index (χ4v) is 2.39. The molecule has 1 amide bonds. The van der Waals surface area contributed by atoms with Crippen molar-refractivity contribution in [3.05, 3.63) is 35.4 Å². The van der Waals surface area contributed by atoms with Gasteiger partial charge in [0.1, 0.15) is 0 Å². The van der Waals surface area contributed by atoms with Gasteiger partial charge in [-0.1, -0.05) is 17.7 Å². The van der Waals surface area contributed by atoms with Gasteiger partial charge in [0.05, 0.1) is 6.10 Å². The maximum absolute atomic E-state index is 11.9. The quantitative estimate of drug-likeness (QED) is 0.861. The first-order chi connectivity index (χ1) is 8.65. The highest BCUT2D eigenvalue weighted by Gasteiger charge is 2.19. The van der Waals surface area contributed by atoms with Crippen LogP contribution in [0.3, 0.4) is 0 Å². The van der Waals surface area contributed by atoms with E-state index in [1.165, 1.54) is 0 Å².